The van der Waals surface area contributed by atoms with Gasteiger partial charge in [0.2, 0.25) is 0 Å². The summed E-state index contributed by atoms with van der Waals surface area (Å²) in [7, 11) is 0. The van der Waals surface area contributed by atoms with Crippen LogP contribution < -0.4 is 5.73 Å². The summed E-state index contributed by atoms with van der Waals surface area (Å²) in [6, 6.07) is 10.9. The van der Waals surface area contributed by atoms with E-state index in [4.69, 9.17) is 10.7 Å². The molecule has 0 bridgehead atoms. The van der Waals surface area contributed by atoms with Crippen molar-refractivity contribution in [1.82, 2.24) is 30.1 Å². The number of benzene rings is 1. The molecule has 6 aromatic rings. The first kappa shape index (κ1) is 17.7. The third-order valence-corrected chi connectivity index (χ3v) is 5.97. The number of aromatic amines is 2. The van der Waals surface area contributed by atoms with Crippen LogP contribution in [-0.4, -0.2) is 30.1 Å². The highest BCUT2D eigenvalue weighted by Crippen LogP contribution is 2.34. The molecule has 0 aliphatic rings. The molecule has 5 heterocycles. The van der Waals surface area contributed by atoms with E-state index >= 15 is 0 Å². The van der Waals surface area contributed by atoms with Gasteiger partial charge in [-0.2, -0.15) is 5.10 Å². The predicted molar refractivity (Wildman–Crippen MR) is 120 cm³/mol. The second-order valence-electron chi connectivity index (χ2n) is 7.08. The van der Waals surface area contributed by atoms with Crippen LogP contribution in [0.15, 0.2) is 60.4 Å². The van der Waals surface area contributed by atoms with Crippen LogP contribution in [0.1, 0.15) is 0 Å². The number of anilines is 1. The van der Waals surface area contributed by atoms with Crippen molar-refractivity contribution in [3.63, 3.8) is 0 Å². The van der Waals surface area contributed by atoms with E-state index in [0.29, 0.717) is 33.7 Å². The smallest absolute Gasteiger partial charge is 0.159 e. The Balaban J connectivity index is 1.55. The number of nitrogens with one attached hydrogen (secondary N) is 2. The Hall–Kier alpha value is -4.11. The summed E-state index contributed by atoms with van der Waals surface area (Å²) in [6.07, 6.45) is 4.94. The Kier molecular flexibility index (Phi) is 3.84. The molecular weight excluding hydrogens is 413 g/mol. The fourth-order valence-corrected chi connectivity index (χ4v) is 4.40. The number of hydrogen-bond acceptors (Lipinski definition) is 6. The van der Waals surface area contributed by atoms with Crippen molar-refractivity contribution >= 4 is 39.0 Å². The highest BCUT2D eigenvalue weighted by Gasteiger charge is 2.18. The van der Waals surface area contributed by atoms with E-state index in [1.807, 2.05) is 29.6 Å². The summed E-state index contributed by atoms with van der Waals surface area (Å²) < 4.78 is 14.9. The molecule has 4 N–H and O–H groups in total. The minimum Gasteiger partial charge on any atom is -0.397 e. The fraction of sp³-hybridized carbons (Fsp3) is 0. The number of nitrogens with zero attached hydrogens (tertiary/aromatic N) is 4. The molecule has 0 radical (unpaired) electrons. The number of halogens is 1. The number of H-pyrrole nitrogens is 2. The van der Waals surface area contributed by atoms with E-state index < -0.39 is 5.82 Å². The Morgan fingerprint density at radius 3 is 2.81 bits per heavy atom. The van der Waals surface area contributed by atoms with E-state index in [-0.39, 0.29) is 0 Å². The van der Waals surface area contributed by atoms with Gasteiger partial charge in [-0.15, -0.1) is 11.3 Å². The summed E-state index contributed by atoms with van der Waals surface area (Å²) in [5.41, 5.74) is 11.0. The van der Waals surface area contributed by atoms with Crippen molar-refractivity contribution in [2.24, 2.45) is 0 Å². The molecule has 0 saturated carbocycles. The molecule has 0 aliphatic heterocycles. The molecule has 0 spiro atoms. The Morgan fingerprint density at radius 1 is 1.03 bits per heavy atom. The molecule has 150 valence electrons. The topological polar surface area (TPSA) is 109 Å². The fourth-order valence-electron chi connectivity index (χ4n) is 3.68. The lowest BCUT2D eigenvalue weighted by molar-refractivity contribution is 0.636. The maximum atomic E-state index is 14.9. The molecule has 7 nitrogen and oxygen atoms in total. The third kappa shape index (κ3) is 2.86. The number of nitrogen functional groups attached to an aromatic ring is 1. The minimum absolute atomic E-state index is 0.313. The molecule has 0 unspecified atom stereocenters. The Morgan fingerprint density at radius 2 is 1.97 bits per heavy atom. The van der Waals surface area contributed by atoms with Crippen LogP contribution in [0.3, 0.4) is 0 Å². The summed E-state index contributed by atoms with van der Waals surface area (Å²) in [5, 5.41) is 9.76. The van der Waals surface area contributed by atoms with Crippen LogP contribution in [0.5, 0.6) is 0 Å². The molecule has 0 saturated heterocycles. The Labute approximate surface area is 178 Å². The average molecular weight is 427 g/mol. The number of imidazole rings is 1. The average Bonchev–Trinajstić information content (AvgIpc) is 3.52. The van der Waals surface area contributed by atoms with Crippen LogP contribution >= 0.6 is 11.3 Å². The van der Waals surface area contributed by atoms with Gasteiger partial charge in [-0.05, 0) is 41.3 Å². The molecule has 6 rings (SSSR count). The van der Waals surface area contributed by atoms with E-state index in [1.165, 1.54) is 6.07 Å². The normalized spacial score (nSPS) is 11.5. The zero-order chi connectivity index (χ0) is 20.9. The molecule has 0 fully saturated rings. The van der Waals surface area contributed by atoms with Gasteiger partial charge < -0.3 is 10.7 Å². The number of hydrogen-bond donors (Lipinski definition) is 3. The zero-order valence-corrected chi connectivity index (χ0v) is 16.7. The van der Waals surface area contributed by atoms with Gasteiger partial charge in [0, 0.05) is 29.5 Å². The standard InChI is InChI=1S/C22H14FN7S/c23-15-8-11(12-6-13(24)10-25-9-12)7-14-18(15)29-30-19(14)22-27-16-3-4-26-21(20(16)28-22)17-2-1-5-31-17/h1-10H,24H2,(H,27,28)(H,29,30). The van der Waals surface area contributed by atoms with Gasteiger partial charge in [-0.25, -0.2) is 9.37 Å². The van der Waals surface area contributed by atoms with E-state index in [0.717, 1.165) is 27.2 Å². The first-order chi connectivity index (χ1) is 15.2. The summed E-state index contributed by atoms with van der Waals surface area (Å²) in [5.74, 6) is 0.125. The van der Waals surface area contributed by atoms with Gasteiger partial charge in [0.15, 0.2) is 5.82 Å². The van der Waals surface area contributed by atoms with Crippen molar-refractivity contribution < 1.29 is 4.39 Å². The lowest BCUT2D eigenvalue weighted by atomic mass is 10.0. The van der Waals surface area contributed by atoms with Crippen molar-refractivity contribution in [2.75, 3.05) is 5.73 Å². The van der Waals surface area contributed by atoms with E-state index in [2.05, 4.69) is 25.1 Å². The van der Waals surface area contributed by atoms with Crippen molar-refractivity contribution in [3.05, 3.63) is 66.2 Å². The van der Waals surface area contributed by atoms with Crippen LogP contribution in [0.2, 0.25) is 0 Å². The van der Waals surface area contributed by atoms with Crippen molar-refractivity contribution in [3.8, 4) is 33.2 Å². The molecule has 9 heteroatoms. The second-order valence-corrected chi connectivity index (χ2v) is 8.03. The first-order valence-electron chi connectivity index (χ1n) is 9.45. The first-order valence-corrected chi connectivity index (χ1v) is 10.3. The van der Waals surface area contributed by atoms with Gasteiger partial charge in [-0.1, -0.05) is 6.07 Å². The number of fused-ring (bicyclic) bond motifs is 2. The van der Waals surface area contributed by atoms with Gasteiger partial charge >= 0.3 is 0 Å². The van der Waals surface area contributed by atoms with E-state index in [1.54, 1.807) is 36.0 Å². The van der Waals surface area contributed by atoms with E-state index in [9.17, 15) is 4.39 Å². The minimum atomic E-state index is -0.411. The predicted octanol–water partition coefficient (Wildman–Crippen LogP) is 5.01. The highest BCUT2D eigenvalue weighted by atomic mass is 32.1. The van der Waals surface area contributed by atoms with Crippen LogP contribution in [0, 0.1) is 5.82 Å². The quantitative estimate of drug-likeness (QED) is 0.368. The second kappa shape index (κ2) is 6.71. The molecule has 0 amide bonds. The van der Waals surface area contributed by atoms with Crippen molar-refractivity contribution in [1.29, 1.82) is 0 Å². The number of rotatable bonds is 3. The number of aromatic nitrogens is 6. The van der Waals surface area contributed by atoms with Gasteiger partial charge in [0.25, 0.3) is 0 Å². The molecule has 5 aromatic heterocycles. The summed E-state index contributed by atoms with van der Waals surface area (Å²) >= 11 is 1.60. The molecule has 0 atom stereocenters. The van der Waals surface area contributed by atoms with Gasteiger partial charge in [-0.3, -0.25) is 15.1 Å². The molecule has 0 aliphatic carbocycles. The largest absolute Gasteiger partial charge is 0.397 e. The third-order valence-electron chi connectivity index (χ3n) is 5.10. The number of pyridine rings is 2. The SMILES string of the molecule is Nc1cncc(-c2cc(F)c3[nH]nc(-c4nc5c(-c6cccs6)nccc5[nH]4)c3c2)c1. The van der Waals surface area contributed by atoms with Crippen LogP contribution in [0.25, 0.3) is 55.2 Å². The monoisotopic (exact) mass is 427 g/mol. The lowest BCUT2D eigenvalue weighted by Crippen LogP contribution is -1.89. The summed E-state index contributed by atoms with van der Waals surface area (Å²) in [4.78, 5) is 17.7. The molecule has 1 aromatic carbocycles. The molecular formula is C22H14FN7S. The van der Waals surface area contributed by atoms with Crippen molar-refractivity contribution in [2.45, 2.75) is 0 Å². The number of thiophene rings is 1. The van der Waals surface area contributed by atoms with Gasteiger partial charge in [0.05, 0.1) is 16.1 Å². The maximum Gasteiger partial charge on any atom is 0.159 e. The van der Waals surface area contributed by atoms with Crippen LogP contribution in [0.4, 0.5) is 10.1 Å². The maximum absolute atomic E-state index is 14.9. The van der Waals surface area contributed by atoms with Gasteiger partial charge in [0.1, 0.15) is 28.2 Å². The summed E-state index contributed by atoms with van der Waals surface area (Å²) in [6.45, 7) is 0. The Bertz CT molecular complexity index is 1570. The zero-order valence-electron chi connectivity index (χ0n) is 15.9. The highest BCUT2D eigenvalue weighted by molar-refractivity contribution is 7.13. The molecule has 31 heavy (non-hydrogen) atoms. The van der Waals surface area contributed by atoms with Crippen LogP contribution in [-0.2, 0) is 0 Å². The number of nitrogens with two attached hydrogens (primary N) is 1. The lowest BCUT2D eigenvalue weighted by Gasteiger charge is -2.04.